The van der Waals surface area contributed by atoms with E-state index in [1.807, 2.05) is 0 Å². The van der Waals surface area contributed by atoms with Gasteiger partial charge in [-0.05, 0) is 31.2 Å². The zero-order chi connectivity index (χ0) is 20.7. The molecule has 0 aliphatic rings. The van der Waals surface area contributed by atoms with E-state index in [1.54, 1.807) is 30.3 Å². The Bertz CT molecular complexity index is 833. The van der Waals surface area contributed by atoms with Gasteiger partial charge in [-0.1, -0.05) is 30.3 Å². The van der Waals surface area contributed by atoms with Crippen molar-refractivity contribution in [1.82, 2.24) is 0 Å². The fraction of sp³-hybridized carbons (Fsp3) is 0.250. The van der Waals surface area contributed by atoms with E-state index in [-0.39, 0.29) is 24.3 Å². The maximum absolute atomic E-state index is 12.5. The number of halogens is 3. The van der Waals surface area contributed by atoms with Crippen LogP contribution in [0, 0.1) is 0 Å². The van der Waals surface area contributed by atoms with Crippen LogP contribution in [0.25, 0.3) is 0 Å². The number of ketones is 1. The largest absolute Gasteiger partial charge is 0.453 e. The highest BCUT2D eigenvalue weighted by Gasteiger charge is 2.30. The summed E-state index contributed by atoms with van der Waals surface area (Å²) < 4.78 is 42.5. The van der Waals surface area contributed by atoms with Crippen molar-refractivity contribution < 1.29 is 32.3 Å². The molecule has 0 spiro atoms. The maximum atomic E-state index is 12.5. The van der Waals surface area contributed by atoms with Crippen molar-refractivity contribution in [2.45, 2.75) is 32.0 Å². The number of hydrogen-bond acceptors (Lipinski definition) is 4. The monoisotopic (exact) mass is 393 g/mol. The number of nitrogens with one attached hydrogen (secondary N) is 1. The first-order valence-corrected chi connectivity index (χ1v) is 8.42. The Balaban J connectivity index is 1.81. The number of benzene rings is 2. The quantitative estimate of drug-likeness (QED) is 0.564. The predicted molar refractivity (Wildman–Crippen MR) is 95.6 cm³/mol. The minimum atomic E-state index is -4.47. The van der Waals surface area contributed by atoms with Crippen LogP contribution in [-0.4, -0.2) is 23.8 Å². The summed E-state index contributed by atoms with van der Waals surface area (Å²) in [5.41, 5.74) is -0.225. The Morgan fingerprint density at radius 1 is 0.964 bits per heavy atom. The number of esters is 1. The minimum absolute atomic E-state index is 0.0594. The van der Waals surface area contributed by atoms with E-state index in [1.165, 1.54) is 6.92 Å². The zero-order valence-electron chi connectivity index (χ0n) is 15.0. The number of carbonyl (C=O) groups is 3. The van der Waals surface area contributed by atoms with Gasteiger partial charge < -0.3 is 10.1 Å². The summed E-state index contributed by atoms with van der Waals surface area (Å²) in [4.78, 5) is 35.8. The molecule has 28 heavy (non-hydrogen) atoms. The second-order valence-electron chi connectivity index (χ2n) is 5.99. The van der Waals surface area contributed by atoms with Crippen molar-refractivity contribution in [2.75, 3.05) is 5.32 Å². The van der Waals surface area contributed by atoms with E-state index in [0.717, 1.165) is 24.3 Å². The van der Waals surface area contributed by atoms with Gasteiger partial charge in [0.15, 0.2) is 11.9 Å². The van der Waals surface area contributed by atoms with Gasteiger partial charge in [-0.3, -0.25) is 14.4 Å². The fourth-order valence-corrected chi connectivity index (χ4v) is 2.28. The average molecular weight is 393 g/mol. The number of alkyl halides is 3. The normalized spacial score (nSPS) is 12.1. The maximum Gasteiger partial charge on any atom is 0.416 e. The lowest BCUT2D eigenvalue weighted by Crippen LogP contribution is -2.30. The van der Waals surface area contributed by atoms with Crippen LogP contribution in [0.2, 0.25) is 0 Å². The highest BCUT2D eigenvalue weighted by Crippen LogP contribution is 2.29. The third kappa shape index (κ3) is 6.22. The van der Waals surface area contributed by atoms with Crippen LogP contribution in [0.3, 0.4) is 0 Å². The lowest BCUT2D eigenvalue weighted by molar-refractivity contribution is -0.153. The molecule has 0 aliphatic heterocycles. The van der Waals surface area contributed by atoms with Gasteiger partial charge in [-0.2, -0.15) is 13.2 Å². The van der Waals surface area contributed by atoms with Crippen LogP contribution in [0.1, 0.15) is 35.7 Å². The number of carbonyl (C=O) groups excluding carboxylic acids is 3. The van der Waals surface area contributed by atoms with Gasteiger partial charge in [0, 0.05) is 17.7 Å². The van der Waals surface area contributed by atoms with E-state index in [4.69, 9.17) is 4.74 Å². The van der Waals surface area contributed by atoms with Gasteiger partial charge in [0.05, 0.1) is 12.0 Å². The van der Waals surface area contributed by atoms with Crippen molar-refractivity contribution in [3.63, 3.8) is 0 Å². The molecule has 2 rings (SSSR count). The third-order valence-electron chi connectivity index (χ3n) is 3.81. The van der Waals surface area contributed by atoms with Crippen molar-refractivity contribution in [1.29, 1.82) is 0 Å². The first-order chi connectivity index (χ1) is 13.2. The summed E-state index contributed by atoms with van der Waals surface area (Å²) in [6, 6.07) is 12.3. The first kappa shape index (κ1) is 21.1. The highest BCUT2D eigenvalue weighted by molar-refractivity contribution is 5.98. The molecule has 1 atom stereocenters. The number of ether oxygens (including phenoxy) is 1. The number of hydrogen-bond donors (Lipinski definition) is 1. The van der Waals surface area contributed by atoms with E-state index >= 15 is 0 Å². The SMILES string of the molecule is CC(OC(=O)CCC(=O)c1ccccc1)C(=O)Nc1ccc(C(F)(F)F)cc1. The molecule has 0 aliphatic carbocycles. The van der Waals surface area contributed by atoms with Crippen molar-refractivity contribution in [2.24, 2.45) is 0 Å². The topological polar surface area (TPSA) is 72.5 Å². The summed E-state index contributed by atoms with van der Waals surface area (Å²) >= 11 is 0. The fourth-order valence-electron chi connectivity index (χ4n) is 2.28. The van der Waals surface area contributed by atoms with Gasteiger partial charge in [0.25, 0.3) is 5.91 Å². The second-order valence-corrected chi connectivity index (χ2v) is 5.99. The summed E-state index contributed by atoms with van der Waals surface area (Å²) in [5, 5.41) is 2.37. The molecule has 2 aromatic rings. The lowest BCUT2D eigenvalue weighted by atomic mass is 10.1. The summed E-state index contributed by atoms with van der Waals surface area (Å²) in [6.07, 6.45) is -5.88. The number of amides is 1. The average Bonchev–Trinajstić information content (AvgIpc) is 2.66. The van der Waals surface area contributed by atoms with Crippen molar-refractivity contribution >= 4 is 23.3 Å². The van der Waals surface area contributed by atoms with Crippen LogP contribution in [-0.2, 0) is 20.5 Å². The van der Waals surface area contributed by atoms with Gasteiger partial charge >= 0.3 is 12.1 Å². The Labute approximate surface area is 159 Å². The van der Waals surface area contributed by atoms with Crippen molar-refractivity contribution in [3.8, 4) is 0 Å². The third-order valence-corrected chi connectivity index (χ3v) is 3.81. The zero-order valence-corrected chi connectivity index (χ0v) is 15.0. The van der Waals surface area contributed by atoms with E-state index in [0.29, 0.717) is 5.56 Å². The highest BCUT2D eigenvalue weighted by atomic mass is 19.4. The molecule has 2 aromatic carbocycles. The summed E-state index contributed by atoms with van der Waals surface area (Å²) in [7, 11) is 0. The van der Waals surface area contributed by atoms with Crippen LogP contribution in [0.5, 0.6) is 0 Å². The number of Topliss-reactive ketones (excluding diaryl/α,β-unsaturated/α-hetero) is 1. The number of anilines is 1. The van der Waals surface area contributed by atoms with Gasteiger partial charge in [0.1, 0.15) is 0 Å². The standard InChI is InChI=1S/C20H18F3NO4/c1-13(19(27)24-16-9-7-15(8-10-16)20(21,22)23)28-18(26)12-11-17(25)14-5-3-2-4-6-14/h2-10,13H,11-12H2,1H3,(H,24,27). The first-order valence-electron chi connectivity index (χ1n) is 8.42. The van der Waals surface area contributed by atoms with E-state index in [9.17, 15) is 27.6 Å². The molecule has 0 saturated heterocycles. The molecule has 0 radical (unpaired) electrons. The molecule has 0 heterocycles. The van der Waals surface area contributed by atoms with Crippen LogP contribution < -0.4 is 5.32 Å². The molecule has 0 aromatic heterocycles. The molecule has 0 bridgehead atoms. The molecule has 1 unspecified atom stereocenters. The smallest absolute Gasteiger partial charge is 0.416 e. The molecular formula is C20H18F3NO4. The Hall–Kier alpha value is -3.16. The molecule has 0 fully saturated rings. The van der Waals surface area contributed by atoms with Crippen LogP contribution in [0.4, 0.5) is 18.9 Å². The van der Waals surface area contributed by atoms with E-state index < -0.39 is 29.7 Å². The van der Waals surface area contributed by atoms with Gasteiger partial charge in [0.2, 0.25) is 0 Å². The summed E-state index contributed by atoms with van der Waals surface area (Å²) in [5.74, 6) is -1.64. The molecule has 5 nitrogen and oxygen atoms in total. The number of rotatable bonds is 7. The summed E-state index contributed by atoms with van der Waals surface area (Å²) in [6.45, 7) is 1.33. The van der Waals surface area contributed by atoms with Crippen molar-refractivity contribution in [3.05, 3.63) is 65.7 Å². The molecule has 148 valence electrons. The minimum Gasteiger partial charge on any atom is -0.453 e. The molecule has 0 saturated carbocycles. The molecule has 8 heteroatoms. The Kier molecular flexibility index (Phi) is 6.92. The molecule has 1 amide bonds. The Morgan fingerprint density at radius 2 is 1.57 bits per heavy atom. The van der Waals surface area contributed by atoms with Crippen LogP contribution >= 0.6 is 0 Å². The van der Waals surface area contributed by atoms with Crippen LogP contribution in [0.15, 0.2) is 54.6 Å². The van der Waals surface area contributed by atoms with Gasteiger partial charge in [-0.25, -0.2) is 0 Å². The second kappa shape index (κ2) is 9.16. The van der Waals surface area contributed by atoms with Gasteiger partial charge in [-0.15, -0.1) is 0 Å². The Morgan fingerprint density at radius 3 is 2.14 bits per heavy atom. The molecular weight excluding hydrogens is 375 g/mol. The predicted octanol–water partition coefficient (Wildman–Crippen LogP) is 4.24. The lowest BCUT2D eigenvalue weighted by Gasteiger charge is -2.14. The van der Waals surface area contributed by atoms with E-state index in [2.05, 4.69) is 5.32 Å². The molecule has 1 N–H and O–H groups in total.